The third kappa shape index (κ3) is 4.55. The third-order valence-electron chi connectivity index (χ3n) is 2.25. The lowest BCUT2D eigenvalue weighted by molar-refractivity contribution is 0.0956. The van der Waals surface area contributed by atoms with Crippen molar-refractivity contribution >= 4 is 49.1 Å². The summed E-state index contributed by atoms with van der Waals surface area (Å²) in [6.45, 7) is 2.95. The minimum atomic E-state index is 0.0216. The van der Waals surface area contributed by atoms with Gasteiger partial charge in [0.25, 0.3) is 5.91 Å². The predicted octanol–water partition coefficient (Wildman–Crippen LogP) is 4.05. The number of nitrogens with one attached hydrogen (secondary N) is 1. The van der Waals surface area contributed by atoms with Gasteiger partial charge in [0.15, 0.2) is 0 Å². The van der Waals surface area contributed by atoms with E-state index in [4.69, 9.17) is 0 Å². The molecule has 1 atom stereocenters. The number of carbonyl (C=O) groups is 1. The maximum atomic E-state index is 11.7. The summed E-state index contributed by atoms with van der Waals surface area (Å²) in [5.41, 5.74) is 0. The first kappa shape index (κ1) is 14.2. The fourth-order valence-electron chi connectivity index (χ4n) is 1.27. The molecule has 0 radical (unpaired) electrons. The van der Waals surface area contributed by atoms with Crippen molar-refractivity contribution < 1.29 is 4.79 Å². The quantitative estimate of drug-likeness (QED) is 0.595. The van der Waals surface area contributed by atoms with Gasteiger partial charge >= 0.3 is 0 Å². The molecular formula is C11H15Br2NOS. The second-order valence-corrected chi connectivity index (χ2v) is 6.17. The molecule has 1 amide bonds. The lowest BCUT2D eigenvalue weighted by Crippen LogP contribution is -2.24. The highest BCUT2D eigenvalue weighted by Crippen LogP contribution is 2.22. The smallest absolute Gasteiger partial charge is 0.262 e. The molecular weight excluding hydrogens is 354 g/mol. The third-order valence-corrected chi connectivity index (χ3v) is 5.19. The molecule has 1 rings (SSSR count). The lowest BCUT2D eigenvalue weighted by atomic mass is 10.1. The van der Waals surface area contributed by atoms with E-state index in [1.165, 1.54) is 11.3 Å². The van der Waals surface area contributed by atoms with Gasteiger partial charge in [-0.3, -0.25) is 4.79 Å². The Hall–Kier alpha value is 0.130. The normalized spacial score (nSPS) is 12.4. The summed E-state index contributed by atoms with van der Waals surface area (Å²) in [5, 5.41) is 5.87. The van der Waals surface area contributed by atoms with Gasteiger partial charge in [0.1, 0.15) is 4.88 Å². The van der Waals surface area contributed by atoms with Gasteiger partial charge in [-0.2, -0.15) is 0 Å². The standard InChI is InChI=1S/C11H15Br2NOS/c1-8(7-12)3-2-5-14-11(15)10-9(13)4-6-16-10/h4,6,8H,2-3,5,7H2,1H3,(H,14,15). The van der Waals surface area contributed by atoms with Crippen molar-refractivity contribution in [3.8, 4) is 0 Å². The molecule has 0 spiro atoms. The summed E-state index contributed by atoms with van der Waals surface area (Å²) in [7, 11) is 0. The molecule has 0 aromatic carbocycles. The van der Waals surface area contributed by atoms with Crippen molar-refractivity contribution in [3.05, 3.63) is 20.8 Å². The van der Waals surface area contributed by atoms with Crippen molar-refractivity contribution in [1.82, 2.24) is 5.32 Å². The topological polar surface area (TPSA) is 29.1 Å². The summed E-state index contributed by atoms with van der Waals surface area (Å²) in [6, 6.07) is 1.90. The molecule has 5 heteroatoms. The van der Waals surface area contributed by atoms with Gasteiger partial charge in [-0.1, -0.05) is 22.9 Å². The van der Waals surface area contributed by atoms with Crippen LogP contribution in [0.25, 0.3) is 0 Å². The van der Waals surface area contributed by atoms with Gasteiger partial charge in [0, 0.05) is 16.3 Å². The zero-order valence-corrected chi connectivity index (χ0v) is 13.1. The second-order valence-electron chi connectivity index (χ2n) is 3.76. The Labute approximate surface area is 117 Å². The maximum absolute atomic E-state index is 11.7. The summed E-state index contributed by atoms with van der Waals surface area (Å²) in [4.78, 5) is 12.5. The van der Waals surface area contributed by atoms with E-state index in [9.17, 15) is 4.79 Å². The highest BCUT2D eigenvalue weighted by atomic mass is 79.9. The van der Waals surface area contributed by atoms with Gasteiger partial charge < -0.3 is 5.32 Å². The van der Waals surface area contributed by atoms with Crippen LogP contribution in [0.5, 0.6) is 0 Å². The summed E-state index contributed by atoms with van der Waals surface area (Å²) < 4.78 is 0.879. The van der Waals surface area contributed by atoms with E-state index in [-0.39, 0.29) is 5.91 Å². The molecule has 2 nitrogen and oxygen atoms in total. The largest absolute Gasteiger partial charge is 0.351 e. The molecule has 0 saturated carbocycles. The van der Waals surface area contributed by atoms with E-state index in [1.807, 2.05) is 11.4 Å². The van der Waals surface area contributed by atoms with Crippen molar-refractivity contribution in [2.45, 2.75) is 19.8 Å². The van der Waals surface area contributed by atoms with E-state index in [2.05, 4.69) is 44.1 Å². The summed E-state index contributed by atoms with van der Waals surface area (Å²) in [5.74, 6) is 0.693. The number of rotatable bonds is 6. The number of halogens is 2. The molecule has 1 aromatic heterocycles. The average Bonchev–Trinajstić information content (AvgIpc) is 2.70. The molecule has 0 aliphatic carbocycles. The molecule has 0 saturated heterocycles. The monoisotopic (exact) mass is 367 g/mol. The highest BCUT2D eigenvalue weighted by Gasteiger charge is 2.10. The molecule has 0 fully saturated rings. The van der Waals surface area contributed by atoms with Crippen molar-refractivity contribution in [3.63, 3.8) is 0 Å². The Balaban J connectivity index is 2.24. The SMILES string of the molecule is CC(CBr)CCCNC(=O)c1sccc1Br. The van der Waals surface area contributed by atoms with Gasteiger partial charge in [0.05, 0.1) is 0 Å². The fourth-order valence-corrected chi connectivity index (χ4v) is 3.06. The Bertz CT molecular complexity index is 340. The minimum absolute atomic E-state index is 0.0216. The van der Waals surface area contributed by atoms with Crippen molar-refractivity contribution in [2.24, 2.45) is 5.92 Å². The first-order valence-corrected chi connectivity index (χ1v) is 8.01. The second kappa shape index (κ2) is 7.45. The van der Waals surface area contributed by atoms with E-state index >= 15 is 0 Å². The highest BCUT2D eigenvalue weighted by molar-refractivity contribution is 9.10. The molecule has 0 bridgehead atoms. The number of thiophene rings is 1. The Kier molecular flexibility index (Phi) is 6.61. The Morgan fingerprint density at radius 2 is 2.38 bits per heavy atom. The van der Waals surface area contributed by atoms with Gasteiger partial charge in [-0.25, -0.2) is 0 Å². The molecule has 1 unspecified atom stereocenters. The predicted molar refractivity (Wildman–Crippen MR) is 76.5 cm³/mol. The zero-order valence-electron chi connectivity index (χ0n) is 9.13. The summed E-state index contributed by atoms with van der Waals surface area (Å²) in [6.07, 6.45) is 2.17. The van der Waals surface area contributed by atoms with Crippen LogP contribution in [0.3, 0.4) is 0 Å². The zero-order chi connectivity index (χ0) is 12.0. The van der Waals surface area contributed by atoms with Crippen LogP contribution in [0.15, 0.2) is 15.9 Å². The number of carbonyl (C=O) groups excluding carboxylic acids is 1. The molecule has 0 aliphatic heterocycles. The van der Waals surface area contributed by atoms with E-state index in [0.717, 1.165) is 34.1 Å². The summed E-state index contributed by atoms with van der Waals surface area (Å²) >= 11 is 8.26. The molecule has 90 valence electrons. The molecule has 1 heterocycles. The van der Waals surface area contributed by atoms with Crippen LogP contribution < -0.4 is 5.32 Å². The van der Waals surface area contributed by atoms with Crippen LogP contribution >= 0.6 is 43.2 Å². The number of hydrogen-bond acceptors (Lipinski definition) is 2. The minimum Gasteiger partial charge on any atom is -0.351 e. The Morgan fingerprint density at radius 1 is 1.62 bits per heavy atom. The van der Waals surface area contributed by atoms with Crippen LogP contribution in [0.2, 0.25) is 0 Å². The van der Waals surface area contributed by atoms with Crippen LogP contribution in [0.1, 0.15) is 29.4 Å². The van der Waals surface area contributed by atoms with Crippen LogP contribution in [0, 0.1) is 5.92 Å². The van der Waals surface area contributed by atoms with Gasteiger partial charge in [-0.15, -0.1) is 11.3 Å². The van der Waals surface area contributed by atoms with E-state index in [0.29, 0.717) is 5.92 Å². The number of amides is 1. The van der Waals surface area contributed by atoms with E-state index in [1.54, 1.807) is 0 Å². The molecule has 1 aromatic rings. The van der Waals surface area contributed by atoms with Gasteiger partial charge in [0.2, 0.25) is 0 Å². The first-order valence-electron chi connectivity index (χ1n) is 5.22. The first-order chi connectivity index (χ1) is 7.65. The van der Waals surface area contributed by atoms with Crippen molar-refractivity contribution in [2.75, 3.05) is 11.9 Å². The number of hydrogen-bond donors (Lipinski definition) is 1. The van der Waals surface area contributed by atoms with Gasteiger partial charge in [-0.05, 0) is 46.1 Å². The van der Waals surface area contributed by atoms with Crippen LogP contribution in [-0.2, 0) is 0 Å². The van der Waals surface area contributed by atoms with E-state index < -0.39 is 0 Å². The Morgan fingerprint density at radius 3 is 2.94 bits per heavy atom. The molecule has 1 N–H and O–H groups in total. The average molecular weight is 369 g/mol. The molecule has 16 heavy (non-hydrogen) atoms. The van der Waals surface area contributed by atoms with Crippen molar-refractivity contribution in [1.29, 1.82) is 0 Å². The lowest BCUT2D eigenvalue weighted by Gasteiger charge is -2.07. The molecule has 0 aliphatic rings. The van der Waals surface area contributed by atoms with Crippen LogP contribution in [-0.4, -0.2) is 17.8 Å². The number of alkyl halides is 1. The van der Waals surface area contributed by atoms with Crippen LogP contribution in [0.4, 0.5) is 0 Å². The fraction of sp³-hybridized carbons (Fsp3) is 0.545. The maximum Gasteiger partial charge on any atom is 0.262 e.